The van der Waals surface area contributed by atoms with Crippen LogP contribution in [0.15, 0.2) is 46.9 Å². The third kappa shape index (κ3) is 5.16. The van der Waals surface area contributed by atoms with Crippen molar-refractivity contribution in [3.8, 4) is 5.75 Å². The number of halogens is 1. The summed E-state index contributed by atoms with van der Waals surface area (Å²) in [6.45, 7) is 5.30. The van der Waals surface area contributed by atoms with Crippen molar-refractivity contribution in [1.82, 2.24) is 5.32 Å². The molecule has 0 aliphatic heterocycles. The van der Waals surface area contributed by atoms with Crippen LogP contribution in [0.25, 0.3) is 0 Å². The summed E-state index contributed by atoms with van der Waals surface area (Å²) in [6, 6.07) is 12.3. The van der Waals surface area contributed by atoms with E-state index < -0.39 is 6.04 Å². The molecular weight excluding hydrogens is 396 g/mol. The number of Topliss-reactive ketones (excluding diaryl/α,β-unsaturated/α-hetero) is 1. The smallest absolute Gasteiger partial charge is 0.241 e. The summed E-state index contributed by atoms with van der Waals surface area (Å²) in [7, 11) is 1.62. The molecule has 138 valence electrons. The third-order valence-electron chi connectivity index (χ3n) is 4.11. The molecule has 0 spiro atoms. The van der Waals surface area contributed by atoms with Crippen molar-refractivity contribution in [2.45, 2.75) is 32.9 Å². The molecule has 0 aromatic heterocycles. The molecule has 0 heterocycles. The highest BCUT2D eigenvalue weighted by atomic mass is 79.9. The average molecular weight is 419 g/mol. The largest absolute Gasteiger partial charge is 0.496 e. The monoisotopic (exact) mass is 418 g/mol. The number of ketones is 1. The van der Waals surface area contributed by atoms with Crippen molar-refractivity contribution >= 4 is 33.3 Å². The Balaban J connectivity index is 2.01. The second-order valence-corrected chi connectivity index (χ2v) is 6.98. The number of benzene rings is 2. The van der Waals surface area contributed by atoms with Gasteiger partial charge >= 0.3 is 0 Å². The second-order valence-electron chi connectivity index (χ2n) is 6.13. The van der Waals surface area contributed by atoms with E-state index in [1.165, 1.54) is 6.92 Å². The molecule has 2 atom stereocenters. The van der Waals surface area contributed by atoms with E-state index in [1.807, 2.05) is 25.1 Å². The van der Waals surface area contributed by atoms with E-state index in [2.05, 4.69) is 26.6 Å². The molecule has 2 aromatic rings. The van der Waals surface area contributed by atoms with Gasteiger partial charge in [-0.2, -0.15) is 0 Å². The van der Waals surface area contributed by atoms with E-state index in [0.29, 0.717) is 11.3 Å². The van der Waals surface area contributed by atoms with Crippen LogP contribution in [0.3, 0.4) is 0 Å². The Morgan fingerprint density at radius 3 is 2.46 bits per heavy atom. The number of anilines is 1. The van der Waals surface area contributed by atoms with Gasteiger partial charge in [0, 0.05) is 17.3 Å². The molecule has 5 nitrogen and oxygen atoms in total. The van der Waals surface area contributed by atoms with Crippen molar-refractivity contribution in [1.29, 1.82) is 0 Å². The van der Waals surface area contributed by atoms with Crippen LogP contribution in [0.2, 0.25) is 0 Å². The zero-order valence-electron chi connectivity index (χ0n) is 15.3. The van der Waals surface area contributed by atoms with Crippen LogP contribution in [0.5, 0.6) is 5.75 Å². The van der Waals surface area contributed by atoms with E-state index >= 15 is 0 Å². The lowest BCUT2D eigenvalue weighted by molar-refractivity contribution is -0.117. The molecule has 0 unspecified atom stereocenters. The summed E-state index contributed by atoms with van der Waals surface area (Å²) in [4.78, 5) is 23.9. The number of carbonyl (C=O) groups is 2. The Bertz CT molecular complexity index is 807. The number of hydrogen-bond acceptors (Lipinski definition) is 4. The molecule has 1 amide bonds. The fourth-order valence-corrected chi connectivity index (χ4v) is 3.12. The summed E-state index contributed by atoms with van der Waals surface area (Å²) in [5, 5.41) is 6.12. The highest BCUT2D eigenvalue weighted by molar-refractivity contribution is 9.10. The molecule has 2 rings (SSSR count). The van der Waals surface area contributed by atoms with Crippen LogP contribution in [0, 0.1) is 0 Å². The SMILES string of the molecule is COc1ccc([C@H](C)N[C@H](C)C(=O)Nc2cccc(C(C)=O)c2)cc1Br. The fourth-order valence-electron chi connectivity index (χ4n) is 2.57. The van der Waals surface area contributed by atoms with Crippen LogP contribution in [0.1, 0.15) is 42.7 Å². The Morgan fingerprint density at radius 1 is 1.12 bits per heavy atom. The van der Waals surface area contributed by atoms with Gasteiger partial charge in [0.25, 0.3) is 0 Å². The number of methoxy groups -OCH3 is 1. The molecule has 0 saturated carbocycles. The minimum absolute atomic E-state index is 0.0264. The van der Waals surface area contributed by atoms with Gasteiger partial charge in [-0.25, -0.2) is 0 Å². The molecule has 2 N–H and O–H groups in total. The Hall–Kier alpha value is -2.18. The quantitative estimate of drug-likeness (QED) is 0.656. The van der Waals surface area contributed by atoms with Crippen LogP contribution < -0.4 is 15.4 Å². The van der Waals surface area contributed by atoms with E-state index in [0.717, 1.165) is 15.8 Å². The molecule has 0 radical (unpaired) electrons. The predicted octanol–water partition coefficient (Wildman–Crippen LogP) is 4.34. The van der Waals surface area contributed by atoms with Crippen molar-refractivity contribution in [2.24, 2.45) is 0 Å². The number of nitrogens with one attached hydrogen (secondary N) is 2. The first kappa shape index (κ1) is 20.1. The molecule has 26 heavy (non-hydrogen) atoms. The first-order valence-electron chi connectivity index (χ1n) is 8.33. The molecule has 0 fully saturated rings. The first-order chi connectivity index (χ1) is 12.3. The van der Waals surface area contributed by atoms with Crippen LogP contribution >= 0.6 is 15.9 Å². The lowest BCUT2D eigenvalue weighted by Crippen LogP contribution is -2.39. The number of amides is 1. The zero-order valence-corrected chi connectivity index (χ0v) is 16.9. The van der Waals surface area contributed by atoms with Gasteiger partial charge in [0.15, 0.2) is 5.78 Å². The van der Waals surface area contributed by atoms with Gasteiger partial charge in [-0.3, -0.25) is 14.9 Å². The first-order valence-corrected chi connectivity index (χ1v) is 9.12. The molecule has 0 saturated heterocycles. The lowest BCUT2D eigenvalue weighted by atomic mass is 10.1. The molecular formula is C20H23BrN2O3. The van der Waals surface area contributed by atoms with Crippen molar-refractivity contribution < 1.29 is 14.3 Å². The predicted molar refractivity (Wildman–Crippen MR) is 107 cm³/mol. The Morgan fingerprint density at radius 2 is 1.85 bits per heavy atom. The summed E-state index contributed by atoms with van der Waals surface area (Å²) >= 11 is 3.47. The zero-order chi connectivity index (χ0) is 19.3. The van der Waals surface area contributed by atoms with Crippen LogP contribution in [-0.4, -0.2) is 24.8 Å². The van der Waals surface area contributed by atoms with Crippen LogP contribution in [-0.2, 0) is 4.79 Å². The molecule has 2 aromatic carbocycles. The number of carbonyl (C=O) groups excluding carboxylic acids is 2. The third-order valence-corrected chi connectivity index (χ3v) is 4.73. The summed E-state index contributed by atoms with van der Waals surface area (Å²) < 4.78 is 6.10. The van der Waals surface area contributed by atoms with Crippen molar-refractivity contribution in [2.75, 3.05) is 12.4 Å². The van der Waals surface area contributed by atoms with Gasteiger partial charge in [0.2, 0.25) is 5.91 Å². The summed E-state index contributed by atoms with van der Waals surface area (Å²) in [5.74, 6) is 0.563. The van der Waals surface area contributed by atoms with E-state index in [1.54, 1.807) is 38.3 Å². The standard InChI is InChI=1S/C20H23BrN2O3/c1-12(15-8-9-19(26-4)18(21)11-15)22-13(2)20(25)23-17-7-5-6-16(10-17)14(3)24/h5-13,22H,1-4H3,(H,23,25)/t12-,13+/m0/s1. The maximum absolute atomic E-state index is 12.4. The molecule has 0 aliphatic rings. The van der Waals surface area contributed by atoms with Crippen molar-refractivity contribution in [3.63, 3.8) is 0 Å². The maximum atomic E-state index is 12.4. The van der Waals surface area contributed by atoms with Gasteiger partial charge in [-0.05, 0) is 66.5 Å². The topological polar surface area (TPSA) is 67.4 Å². The Kier molecular flexibility index (Phi) is 6.94. The summed E-state index contributed by atoms with van der Waals surface area (Å²) in [5.41, 5.74) is 2.21. The van der Waals surface area contributed by atoms with Gasteiger partial charge in [0.05, 0.1) is 17.6 Å². The maximum Gasteiger partial charge on any atom is 0.241 e. The highest BCUT2D eigenvalue weighted by Gasteiger charge is 2.17. The van der Waals surface area contributed by atoms with Gasteiger partial charge in [-0.15, -0.1) is 0 Å². The van der Waals surface area contributed by atoms with Crippen LogP contribution in [0.4, 0.5) is 5.69 Å². The molecule has 0 bridgehead atoms. The molecule has 6 heteroatoms. The number of rotatable bonds is 7. The lowest BCUT2D eigenvalue weighted by Gasteiger charge is -2.20. The van der Waals surface area contributed by atoms with Gasteiger partial charge in [-0.1, -0.05) is 18.2 Å². The normalized spacial score (nSPS) is 13.0. The summed E-state index contributed by atoms with van der Waals surface area (Å²) in [6.07, 6.45) is 0. The van der Waals surface area contributed by atoms with E-state index in [-0.39, 0.29) is 17.7 Å². The van der Waals surface area contributed by atoms with Gasteiger partial charge in [0.1, 0.15) is 5.75 Å². The average Bonchev–Trinajstić information content (AvgIpc) is 2.61. The second kappa shape index (κ2) is 8.96. The highest BCUT2D eigenvalue weighted by Crippen LogP contribution is 2.28. The minimum Gasteiger partial charge on any atom is -0.496 e. The molecule has 0 aliphatic carbocycles. The Labute approximate surface area is 162 Å². The number of hydrogen-bond donors (Lipinski definition) is 2. The fraction of sp³-hybridized carbons (Fsp3) is 0.300. The van der Waals surface area contributed by atoms with E-state index in [4.69, 9.17) is 4.74 Å². The number of ether oxygens (including phenoxy) is 1. The minimum atomic E-state index is -0.410. The van der Waals surface area contributed by atoms with E-state index in [9.17, 15) is 9.59 Å². The van der Waals surface area contributed by atoms with Crippen molar-refractivity contribution in [3.05, 3.63) is 58.1 Å². The van der Waals surface area contributed by atoms with Gasteiger partial charge < -0.3 is 10.1 Å².